The van der Waals surface area contributed by atoms with Crippen LogP contribution in [0.3, 0.4) is 0 Å². The first-order valence-electron chi connectivity index (χ1n) is 12.1. The summed E-state index contributed by atoms with van der Waals surface area (Å²) in [5, 5.41) is 19.6. The van der Waals surface area contributed by atoms with E-state index in [0.29, 0.717) is 0 Å². The fourth-order valence-electron chi connectivity index (χ4n) is 2.56. The average Bonchev–Trinajstić information content (AvgIpc) is 2.84. The van der Waals surface area contributed by atoms with E-state index in [9.17, 15) is 34.0 Å². The number of phosphoric ester groups is 1. The first-order valence-corrected chi connectivity index (χ1v) is 13.6. The smallest absolute Gasteiger partial charge is 0.437 e. The molecule has 0 saturated carbocycles. The number of alkyl halides is 1. The third kappa shape index (κ3) is 10.8. The molecule has 1 heterocycles. The van der Waals surface area contributed by atoms with Crippen molar-refractivity contribution in [2.24, 2.45) is 10.8 Å². The molecule has 17 heteroatoms. The number of carbonyl (C=O) groups excluding carboxylic acids is 2. The van der Waals surface area contributed by atoms with Gasteiger partial charge < -0.3 is 24.4 Å². The minimum absolute atomic E-state index is 0.0774. The minimum Gasteiger partial charge on any atom is -0.437 e. The molecule has 0 bridgehead atoms. The number of H-pyrrole nitrogens is 1. The van der Waals surface area contributed by atoms with E-state index in [-0.39, 0.29) is 6.42 Å². The molecule has 0 aromatic carbocycles. The van der Waals surface area contributed by atoms with Crippen molar-refractivity contribution < 1.29 is 56.5 Å². The van der Waals surface area contributed by atoms with Crippen LogP contribution in [0.2, 0.25) is 0 Å². The Hall–Kier alpha value is -2.46. The van der Waals surface area contributed by atoms with Gasteiger partial charge in [0.1, 0.15) is 18.9 Å². The predicted molar refractivity (Wildman–Crippen MR) is 135 cm³/mol. The fraction of sp³-hybridized carbons (Fsp3) is 0.739. The van der Waals surface area contributed by atoms with Gasteiger partial charge in [0.2, 0.25) is 13.6 Å². The van der Waals surface area contributed by atoms with Crippen LogP contribution in [0.15, 0.2) is 21.9 Å². The molecule has 0 aliphatic heterocycles. The summed E-state index contributed by atoms with van der Waals surface area (Å²) >= 11 is 0. The molecule has 0 saturated heterocycles. The normalized spacial score (nSPS) is 15.7. The zero-order valence-electron chi connectivity index (χ0n) is 23.5. The molecular formula is C23H38FN2O13P. The van der Waals surface area contributed by atoms with Crippen molar-refractivity contribution in [3.8, 4) is 0 Å². The van der Waals surface area contributed by atoms with Crippen LogP contribution in [0, 0.1) is 10.8 Å². The number of esters is 2. The maximum atomic E-state index is 15.9. The number of aromatic amines is 1. The van der Waals surface area contributed by atoms with Crippen molar-refractivity contribution in [2.75, 3.05) is 26.8 Å². The molecule has 0 spiro atoms. The molecule has 0 unspecified atom stereocenters. The number of halogens is 1. The number of hydrogen-bond donors (Lipinski definition) is 3. The standard InChI is InChI=1S/C23H38FN2O13P/c1-8-17(26-10-9-16(29)25-20(26)32)39-23(24,15(28)11-27)12-36-40(33,37-13-34-18(30)21(2,3)4)38-14-35-19(31)22(5,6)7/h9-10,15,17,27-28H,8,11-14H2,1-7H3,(H,25,29,32)/t15-,17-,23+/m0/s1. The predicted octanol–water partition coefficient (Wildman–Crippen LogP) is 1.73. The Morgan fingerprint density at radius 1 is 1.02 bits per heavy atom. The molecule has 15 nitrogen and oxygen atoms in total. The molecule has 0 aliphatic carbocycles. The lowest BCUT2D eigenvalue weighted by molar-refractivity contribution is -0.269. The lowest BCUT2D eigenvalue weighted by Crippen LogP contribution is -2.49. The van der Waals surface area contributed by atoms with E-state index < -0.39 is 86.8 Å². The van der Waals surface area contributed by atoms with E-state index in [4.69, 9.17) is 27.8 Å². The second-order valence-electron chi connectivity index (χ2n) is 10.6. The first kappa shape index (κ1) is 35.6. The molecule has 3 N–H and O–H groups in total. The van der Waals surface area contributed by atoms with E-state index in [2.05, 4.69) is 0 Å². The molecule has 0 fully saturated rings. The molecule has 40 heavy (non-hydrogen) atoms. The Kier molecular flexibility index (Phi) is 12.8. The van der Waals surface area contributed by atoms with Gasteiger partial charge in [0.15, 0.2) is 0 Å². The maximum Gasteiger partial charge on any atom is 0.480 e. The summed E-state index contributed by atoms with van der Waals surface area (Å²) in [6, 6.07) is 0.972. The Balaban J connectivity index is 3.17. The highest BCUT2D eigenvalue weighted by atomic mass is 31.2. The maximum absolute atomic E-state index is 15.9. The molecule has 3 atom stereocenters. The van der Waals surface area contributed by atoms with Gasteiger partial charge in [-0.25, -0.2) is 22.8 Å². The summed E-state index contributed by atoms with van der Waals surface area (Å²) in [6.45, 7) is 6.14. The SMILES string of the molecule is CC[C@H](O[C@](F)(COP(=O)(OCOC(=O)C(C)(C)C)OCOC(=O)C(C)(C)C)[C@@H](O)CO)n1ccc(=O)[nH]c1=O. The number of ether oxygens (including phenoxy) is 3. The summed E-state index contributed by atoms with van der Waals surface area (Å²) in [5.41, 5.74) is -3.60. The zero-order valence-corrected chi connectivity index (χ0v) is 24.4. The number of carbonyl (C=O) groups is 2. The van der Waals surface area contributed by atoms with Gasteiger partial charge in [0.05, 0.1) is 17.4 Å². The second-order valence-corrected chi connectivity index (χ2v) is 12.2. The van der Waals surface area contributed by atoms with Crippen molar-refractivity contribution in [3.63, 3.8) is 0 Å². The van der Waals surface area contributed by atoms with Gasteiger partial charge in [0.25, 0.3) is 11.4 Å². The van der Waals surface area contributed by atoms with Gasteiger partial charge in [-0.1, -0.05) is 6.92 Å². The summed E-state index contributed by atoms with van der Waals surface area (Å²) in [6.07, 6.45) is -2.80. The first-order chi connectivity index (χ1) is 18.3. The number of nitrogens with one attached hydrogen (secondary N) is 1. The number of rotatable bonds is 15. The number of phosphoric acid groups is 1. The minimum atomic E-state index is -4.91. The Morgan fingerprint density at radius 2 is 1.52 bits per heavy atom. The van der Waals surface area contributed by atoms with Crippen LogP contribution in [-0.4, -0.2) is 70.5 Å². The van der Waals surface area contributed by atoms with Crippen LogP contribution in [0.5, 0.6) is 0 Å². The summed E-state index contributed by atoms with van der Waals surface area (Å²) < 4.78 is 59.8. The van der Waals surface area contributed by atoms with E-state index in [1.54, 1.807) is 0 Å². The summed E-state index contributed by atoms with van der Waals surface area (Å²) in [7, 11) is -4.91. The third-order valence-electron chi connectivity index (χ3n) is 4.96. The highest BCUT2D eigenvalue weighted by Gasteiger charge is 2.45. The Morgan fingerprint density at radius 3 is 1.93 bits per heavy atom. The summed E-state index contributed by atoms with van der Waals surface area (Å²) in [5.74, 6) is -4.85. The zero-order chi connectivity index (χ0) is 30.9. The summed E-state index contributed by atoms with van der Waals surface area (Å²) in [4.78, 5) is 49.5. The highest BCUT2D eigenvalue weighted by molar-refractivity contribution is 7.48. The molecule has 1 aromatic rings. The third-order valence-corrected chi connectivity index (χ3v) is 6.25. The van der Waals surface area contributed by atoms with Crippen molar-refractivity contribution in [2.45, 2.75) is 73.1 Å². The molecule has 0 aliphatic rings. The lowest BCUT2D eigenvalue weighted by Gasteiger charge is -2.33. The van der Waals surface area contributed by atoms with E-state index in [1.807, 2.05) is 4.98 Å². The topological polar surface area (TPSA) is 202 Å². The van der Waals surface area contributed by atoms with Gasteiger partial charge in [-0.15, -0.1) is 0 Å². The van der Waals surface area contributed by atoms with Crippen molar-refractivity contribution >= 4 is 19.8 Å². The van der Waals surface area contributed by atoms with Crippen LogP contribution in [0.1, 0.15) is 61.1 Å². The lowest BCUT2D eigenvalue weighted by atomic mass is 9.98. The van der Waals surface area contributed by atoms with Gasteiger partial charge in [0, 0.05) is 12.3 Å². The van der Waals surface area contributed by atoms with Crippen LogP contribution in [-0.2, 0) is 41.9 Å². The molecule has 1 aromatic heterocycles. The Labute approximate surface area is 230 Å². The van der Waals surface area contributed by atoms with E-state index in [1.165, 1.54) is 48.5 Å². The number of aromatic nitrogens is 2. The van der Waals surface area contributed by atoms with E-state index >= 15 is 4.39 Å². The fourth-order valence-corrected chi connectivity index (χ4v) is 3.48. The monoisotopic (exact) mass is 600 g/mol. The Bertz CT molecular complexity index is 1120. The number of nitrogens with zero attached hydrogens (tertiary/aromatic N) is 1. The van der Waals surface area contributed by atoms with Crippen LogP contribution in [0.4, 0.5) is 4.39 Å². The van der Waals surface area contributed by atoms with Crippen molar-refractivity contribution in [1.29, 1.82) is 0 Å². The van der Waals surface area contributed by atoms with E-state index in [0.717, 1.165) is 16.8 Å². The highest BCUT2D eigenvalue weighted by Crippen LogP contribution is 2.51. The molecular weight excluding hydrogens is 562 g/mol. The molecule has 0 amide bonds. The van der Waals surface area contributed by atoms with Gasteiger partial charge >= 0.3 is 25.5 Å². The van der Waals surface area contributed by atoms with Crippen LogP contribution < -0.4 is 11.2 Å². The van der Waals surface area contributed by atoms with Crippen LogP contribution >= 0.6 is 7.82 Å². The van der Waals surface area contributed by atoms with Gasteiger partial charge in [-0.2, -0.15) is 0 Å². The van der Waals surface area contributed by atoms with Crippen molar-refractivity contribution in [1.82, 2.24) is 9.55 Å². The largest absolute Gasteiger partial charge is 0.480 e. The number of hydrogen-bond acceptors (Lipinski definition) is 13. The number of aliphatic hydroxyl groups excluding tert-OH is 2. The molecule has 1 rings (SSSR count). The molecule has 0 radical (unpaired) electrons. The van der Waals surface area contributed by atoms with Crippen molar-refractivity contribution in [3.05, 3.63) is 33.1 Å². The second kappa shape index (κ2) is 14.4. The quantitative estimate of drug-likeness (QED) is 0.149. The van der Waals surface area contributed by atoms with Gasteiger partial charge in [-0.05, 0) is 48.0 Å². The van der Waals surface area contributed by atoms with Crippen LogP contribution in [0.25, 0.3) is 0 Å². The van der Waals surface area contributed by atoms with Gasteiger partial charge in [-0.3, -0.25) is 28.5 Å². The number of aliphatic hydroxyl groups is 2. The molecule has 230 valence electrons. The average molecular weight is 601 g/mol.